The number of hydrogen-bond acceptors (Lipinski definition) is 4. The Balaban J connectivity index is 1.72. The number of imidazole rings is 1. The number of nitrogens with one attached hydrogen (secondary N) is 3. The molecule has 0 unspecified atom stereocenters. The summed E-state index contributed by atoms with van der Waals surface area (Å²) in [5.41, 5.74) is 6.22. The van der Waals surface area contributed by atoms with Crippen LogP contribution >= 0.6 is 0 Å². The van der Waals surface area contributed by atoms with Crippen molar-refractivity contribution in [3.8, 4) is 0 Å². The molecule has 0 atom stereocenters. The second-order valence-electron chi connectivity index (χ2n) is 3.60. The molecule has 7 heteroatoms. The van der Waals surface area contributed by atoms with E-state index in [1.54, 1.807) is 12.4 Å². The Hall–Kier alpha value is -2.31. The third-order valence-corrected chi connectivity index (χ3v) is 2.33. The fraction of sp³-hybridized carbons (Fsp3) is 0.300. The predicted octanol–water partition coefficient (Wildman–Crippen LogP) is 0.0776. The minimum atomic E-state index is -0.237. The van der Waals surface area contributed by atoms with Gasteiger partial charge in [0.15, 0.2) is 0 Å². The van der Waals surface area contributed by atoms with Crippen molar-refractivity contribution in [2.24, 2.45) is 0 Å². The van der Waals surface area contributed by atoms with Crippen LogP contribution in [0.25, 0.3) is 0 Å². The summed E-state index contributed by atoms with van der Waals surface area (Å²) in [5.74, 6) is 0.680. The first-order valence-electron chi connectivity index (χ1n) is 5.32. The molecule has 0 saturated carbocycles. The fourth-order valence-electron chi connectivity index (χ4n) is 1.46. The number of carbonyl (C=O) groups is 1. The molecule has 0 bridgehead atoms. The van der Waals surface area contributed by atoms with E-state index in [2.05, 4.69) is 25.5 Å². The van der Waals surface area contributed by atoms with Crippen LogP contribution in [0.2, 0.25) is 0 Å². The Morgan fingerprint density at radius 3 is 3.06 bits per heavy atom. The van der Waals surface area contributed by atoms with Gasteiger partial charge in [-0.1, -0.05) is 0 Å². The van der Waals surface area contributed by atoms with Gasteiger partial charge in [0, 0.05) is 25.4 Å². The van der Waals surface area contributed by atoms with E-state index < -0.39 is 0 Å². The Kier molecular flexibility index (Phi) is 3.39. The maximum absolute atomic E-state index is 11.6. The van der Waals surface area contributed by atoms with E-state index in [0.29, 0.717) is 17.9 Å². The normalized spacial score (nSPS) is 10.4. The molecule has 0 spiro atoms. The van der Waals surface area contributed by atoms with Crippen molar-refractivity contribution in [1.82, 2.24) is 25.5 Å². The SMILES string of the molecule is Nc1cn[nH]c1C(=O)NCCCc1ncc[nH]1. The summed E-state index contributed by atoms with van der Waals surface area (Å²) in [7, 11) is 0. The third kappa shape index (κ3) is 2.83. The number of rotatable bonds is 5. The van der Waals surface area contributed by atoms with E-state index in [1.165, 1.54) is 6.20 Å². The Bertz CT molecular complexity index is 475. The zero-order valence-electron chi connectivity index (χ0n) is 9.23. The van der Waals surface area contributed by atoms with Crippen LogP contribution in [-0.2, 0) is 6.42 Å². The van der Waals surface area contributed by atoms with Gasteiger partial charge in [-0.25, -0.2) is 4.98 Å². The number of aromatic nitrogens is 4. The van der Waals surface area contributed by atoms with Crippen LogP contribution in [0.3, 0.4) is 0 Å². The molecule has 0 saturated heterocycles. The van der Waals surface area contributed by atoms with Gasteiger partial charge in [0.2, 0.25) is 0 Å². The van der Waals surface area contributed by atoms with Crippen LogP contribution in [-0.4, -0.2) is 32.6 Å². The first-order chi connectivity index (χ1) is 8.27. The first kappa shape index (κ1) is 11.2. The van der Waals surface area contributed by atoms with Crippen LogP contribution in [0.4, 0.5) is 5.69 Å². The number of hydrogen-bond donors (Lipinski definition) is 4. The molecular formula is C10H14N6O. The summed E-state index contributed by atoms with van der Waals surface area (Å²) in [6.07, 6.45) is 6.51. The maximum Gasteiger partial charge on any atom is 0.271 e. The molecular weight excluding hydrogens is 220 g/mol. The number of nitrogen functional groups attached to an aromatic ring is 1. The number of H-pyrrole nitrogens is 2. The van der Waals surface area contributed by atoms with Gasteiger partial charge in [-0.2, -0.15) is 5.10 Å². The predicted molar refractivity (Wildman–Crippen MR) is 62.2 cm³/mol. The lowest BCUT2D eigenvalue weighted by Crippen LogP contribution is -2.26. The second kappa shape index (κ2) is 5.15. The van der Waals surface area contributed by atoms with Gasteiger partial charge >= 0.3 is 0 Å². The average Bonchev–Trinajstić information content (AvgIpc) is 2.95. The number of aromatic amines is 2. The molecule has 17 heavy (non-hydrogen) atoms. The number of nitrogens with two attached hydrogens (primary N) is 1. The Morgan fingerprint density at radius 2 is 2.41 bits per heavy atom. The Labute approximate surface area is 97.8 Å². The fourth-order valence-corrected chi connectivity index (χ4v) is 1.46. The van der Waals surface area contributed by atoms with Crippen molar-refractivity contribution in [3.05, 3.63) is 30.1 Å². The standard InChI is InChI=1S/C10H14N6O/c11-7-6-15-16-9(7)10(17)14-3-1-2-8-12-4-5-13-8/h4-6H,1-3,11H2,(H,12,13)(H,14,17)(H,15,16). The maximum atomic E-state index is 11.6. The molecule has 2 aromatic heterocycles. The first-order valence-corrected chi connectivity index (χ1v) is 5.32. The third-order valence-electron chi connectivity index (χ3n) is 2.33. The molecule has 2 aromatic rings. The van der Waals surface area contributed by atoms with Gasteiger partial charge < -0.3 is 16.0 Å². The summed E-state index contributed by atoms with van der Waals surface area (Å²) < 4.78 is 0. The van der Waals surface area contributed by atoms with E-state index in [4.69, 9.17) is 5.73 Å². The number of carbonyl (C=O) groups excluding carboxylic acids is 1. The summed E-state index contributed by atoms with van der Waals surface area (Å²) >= 11 is 0. The van der Waals surface area contributed by atoms with Gasteiger partial charge in [-0.3, -0.25) is 9.89 Å². The highest BCUT2D eigenvalue weighted by Crippen LogP contribution is 2.05. The van der Waals surface area contributed by atoms with Crippen molar-refractivity contribution in [3.63, 3.8) is 0 Å². The Morgan fingerprint density at radius 1 is 1.53 bits per heavy atom. The topological polar surface area (TPSA) is 112 Å². The van der Waals surface area contributed by atoms with E-state index in [1.807, 2.05) is 0 Å². The molecule has 90 valence electrons. The second-order valence-corrected chi connectivity index (χ2v) is 3.60. The summed E-state index contributed by atoms with van der Waals surface area (Å²) in [5, 5.41) is 9.00. The molecule has 0 aliphatic heterocycles. The number of anilines is 1. The van der Waals surface area contributed by atoms with E-state index in [0.717, 1.165) is 18.7 Å². The van der Waals surface area contributed by atoms with Crippen LogP contribution in [0.1, 0.15) is 22.7 Å². The molecule has 0 aliphatic carbocycles. The van der Waals surface area contributed by atoms with Gasteiger partial charge in [0.05, 0.1) is 11.9 Å². The van der Waals surface area contributed by atoms with Crippen molar-refractivity contribution < 1.29 is 4.79 Å². The summed E-state index contributed by atoms with van der Waals surface area (Å²) in [6, 6.07) is 0. The molecule has 0 radical (unpaired) electrons. The molecule has 2 heterocycles. The smallest absolute Gasteiger partial charge is 0.271 e. The van der Waals surface area contributed by atoms with Crippen molar-refractivity contribution >= 4 is 11.6 Å². The average molecular weight is 234 g/mol. The number of aryl methyl sites for hydroxylation is 1. The van der Waals surface area contributed by atoms with Crippen molar-refractivity contribution in [2.75, 3.05) is 12.3 Å². The highest BCUT2D eigenvalue weighted by atomic mass is 16.1. The molecule has 5 N–H and O–H groups in total. The van der Waals surface area contributed by atoms with E-state index in [-0.39, 0.29) is 5.91 Å². The lowest BCUT2D eigenvalue weighted by Gasteiger charge is -2.03. The summed E-state index contributed by atoms with van der Waals surface area (Å²) in [6.45, 7) is 0.567. The van der Waals surface area contributed by atoms with Gasteiger partial charge in [-0.05, 0) is 6.42 Å². The van der Waals surface area contributed by atoms with Crippen molar-refractivity contribution in [2.45, 2.75) is 12.8 Å². The number of amides is 1. The largest absolute Gasteiger partial charge is 0.396 e. The number of nitrogens with zero attached hydrogens (tertiary/aromatic N) is 2. The monoisotopic (exact) mass is 234 g/mol. The molecule has 0 aliphatic rings. The van der Waals surface area contributed by atoms with Crippen LogP contribution in [0.5, 0.6) is 0 Å². The molecule has 7 nitrogen and oxygen atoms in total. The molecule has 2 rings (SSSR count). The van der Waals surface area contributed by atoms with Gasteiger partial charge in [0.1, 0.15) is 11.5 Å². The quantitative estimate of drug-likeness (QED) is 0.548. The van der Waals surface area contributed by atoms with Crippen LogP contribution < -0.4 is 11.1 Å². The van der Waals surface area contributed by atoms with Gasteiger partial charge in [0.25, 0.3) is 5.91 Å². The lowest BCUT2D eigenvalue weighted by atomic mass is 10.3. The van der Waals surface area contributed by atoms with E-state index >= 15 is 0 Å². The van der Waals surface area contributed by atoms with Gasteiger partial charge in [-0.15, -0.1) is 0 Å². The summed E-state index contributed by atoms with van der Waals surface area (Å²) in [4.78, 5) is 18.7. The molecule has 0 aromatic carbocycles. The highest BCUT2D eigenvalue weighted by Gasteiger charge is 2.10. The van der Waals surface area contributed by atoms with E-state index in [9.17, 15) is 4.79 Å². The minimum Gasteiger partial charge on any atom is -0.396 e. The minimum absolute atomic E-state index is 0.237. The lowest BCUT2D eigenvalue weighted by molar-refractivity contribution is 0.0949. The molecule has 1 amide bonds. The zero-order valence-corrected chi connectivity index (χ0v) is 9.23. The van der Waals surface area contributed by atoms with Crippen molar-refractivity contribution in [1.29, 1.82) is 0 Å². The highest BCUT2D eigenvalue weighted by molar-refractivity contribution is 5.96. The van der Waals surface area contributed by atoms with Crippen LogP contribution in [0.15, 0.2) is 18.6 Å². The molecule has 0 fully saturated rings. The van der Waals surface area contributed by atoms with Crippen LogP contribution in [0, 0.1) is 0 Å². The zero-order chi connectivity index (χ0) is 12.1.